The molecule has 2 aromatic rings. The van der Waals surface area contributed by atoms with Gasteiger partial charge >= 0.3 is 0 Å². The average Bonchev–Trinajstić information content (AvgIpc) is 3.14. The second-order valence-electron chi connectivity index (χ2n) is 6.29. The van der Waals surface area contributed by atoms with Crippen molar-refractivity contribution >= 4 is 11.7 Å². The van der Waals surface area contributed by atoms with E-state index in [-0.39, 0.29) is 5.91 Å². The number of nitrogens with one attached hydrogen (secondary N) is 1. The summed E-state index contributed by atoms with van der Waals surface area (Å²) in [5, 5.41) is 11.9. The zero-order valence-electron chi connectivity index (χ0n) is 14.2. The molecule has 2 heterocycles. The Hall–Kier alpha value is -2.87. The molecule has 128 valence electrons. The van der Waals surface area contributed by atoms with E-state index in [0.29, 0.717) is 31.0 Å². The van der Waals surface area contributed by atoms with Gasteiger partial charge in [0, 0.05) is 31.7 Å². The van der Waals surface area contributed by atoms with Crippen molar-refractivity contribution < 1.29 is 4.79 Å². The van der Waals surface area contributed by atoms with Crippen LogP contribution in [-0.2, 0) is 11.2 Å². The SMILES string of the molecule is N#Cc1ccc(CCC(=O)NCC2CCCN2c2ccccn2)cc1. The summed E-state index contributed by atoms with van der Waals surface area (Å²) in [6.45, 7) is 1.64. The van der Waals surface area contributed by atoms with Gasteiger partial charge in [-0.25, -0.2) is 4.98 Å². The fourth-order valence-corrected chi connectivity index (χ4v) is 3.20. The normalized spacial score (nSPS) is 16.4. The molecule has 1 amide bonds. The Kier molecular flexibility index (Phi) is 5.63. The van der Waals surface area contributed by atoms with E-state index in [9.17, 15) is 4.79 Å². The van der Waals surface area contributed by atoms with E-state index in [1.54, 1.807) is 18.3 Å². The molecule has 1 aliphatic heterocycles. The van der Waals surface area contributed by atoms with Crippen LogP contribution in [0.5, 0.6) is 0 Å². The molecule has 0 radical (unpaired) electrons. The first-order valence-corrected chi connectivity index (χ1v) is 8.69. The molecule has 0 aliphatic carbocycles. The maximum atomic E-state index is 12.1. The third-order valence-corrected chi connectivity index (χ3v) is 4.58. The van der Waals surface area contributed by atoms with E-state index < -0.39 is 0 Å². The number of carbonyl (C=O) groups is 1. The molecule has 5 nitrogen and oxygen atoms in total. The number of hydrogen-bond donors (Lipinski definition) is 1. The zero-order valence-corrected chi connectivity index (χ0v) is 14.2. The highest BCUT2D eigenvalue weighted by atomic mass is 16.1. The van der Waals surface area contributed by atoms with E-state index in [0.717, 1.165) is 30.8 Å². The first-order valence-electron chi connectivity index (χ1n) is 8.69. The molecule has 1 unspecified atom stereocenters. The molecule has 1 N–H and O–H groups in total. The highest BCUT2D eigenvalue weighted by molar-refractivity contribution is 5.76. The van der Waals surface area contributed by atoms with Crippen LogP contribution < -0.4 is 10.2 Å². The lowest BCUT2D eigenvalue weighted by Crippen LogP contribution is -2.40. The molecule has 3 rings (SSSR count). The summed E-state index contributed by atoms with van der Waals surface area (Å²) in [5.74, 6) is 1.05. The summed E-state index contributed by atoms with van der Waals surface area (Å²) in [5.41, 5.74) is 1.72. The van der Waals surface area contributed by atoms with E-state index in [4.69, 9.17) is 5.26 Å². The minimum absolute atomic E-state index is 0.0669. The largest absolute Gasteiger partial charge is 0.354 e. The van der Waals surface area contributed by atoms with Crippen molar-refractivity contribution in [3.63, 3.8) is 0 Å². The fourth-order valence-electron chi connectivity index (χ4n) is 3.20. The number of benzene rings is 1. The molecule has 0 saturated carbocycles. The van der Waals surface area contributed by atoms with E-state index in [1.807, 2.05) is 30.3 Å². The average molecular weight is 334 g/mol. The van der Waals surface area contributed by atoms with Gasteiger partial charge in [-0.15, -0.1) is 0 Å². The predicted molar refractivity (Wildman–Crippen MR) is 97.1 cm³/mol. The second kappa shape index (κ2) is 8.29. The number of aryl methyl sites for hydroxylation is 1. The van der Waals surface area contributed by atoms with Gasteiger partial charge in [0.15, 0.2) is 0 Å². The first kappa shape index (κ1) is 17.0. The number of carbonyl (C=O) groups excluding carboxylic acids is 1. The molecular weight excluding hydrogens is 312 g/mol. The minimum Gasteiger partial charge on any atom is -0.354 e. The van der Waals surface area contributed by atoms with Crippen LogP contribution in [0.2, 0.25) is 0 Å². The quantitative estimate of drug-likeness (QED) is 0.882. The number of anilines is 1. The Morgan fingerprint density at radius 1 is 1.28 bits per heavy atom. The monoisotopic (exact) mass is 334 g/mol. The van der Waals surface area contributed by atoms with Crippen LogP contribution in [0.25, 0.3) is 0 Å². The first-order chi connectivity index (χ1) is 12.3. The summed E-state index contributed by atoms with van der Waals surface area (Å²) in [6, 6.07) is 15.7. The molecular formula is C20H22N4O. The van der Waals surface area contributed by atoms with Crippen LogP contribution in [0.1, 0.15) is 30.4 Å². The van der Waals surface area contributed by atoms with Gasteiger partial charge in [-0.1, -0.05) is 18.2 Å². The standard InChI is InChI=1S/C20H22N4O/c21-14-17-8-6-16(7-9-17)10-11-20(25)23-15-18-4-3-13-24(18)19-5-1-2-12-22-19/h1-2,5-9,12,18H,3-4,10-11,13,15H2,(H,23,25). The predicted octanol–water partition coefficient (Wildman–Crippen LogP) is 2.67. The van der Waals surface area contributed by atoms with Crippen molar-refractivity contribution in [1.29, 1.82) is 5.26 Å². The van der Waals surface area contributed by atoms with Gasteiger partial charge in [-0.2, -0.15) is 5.26 Å². The third kappa shape index (κ3) is 4.57. The van der Waals surface area contributed by atoms with Crippen molar-refractivity contribution in [3.05, 3.63) is 59.8 Å². The van der Waals surface area contributed by atoms with Crippen LogP contribution >= 0.6 is 0 Å². The summed E-state index contributed by atoms with van der Waals surface area (Å²) in [4.78, 5) is 18.8. The lowest BCUT2D eigenvalue weighted by molar-refractivity contribution is -0.121. The lowest BCUT2D eigenvalue weighted by Gasteiger charge is -2.25. The van der Waals surface area contributed by atoms with Gasteiger partial charge in [0.2, 0.25) is 5.91 Å². The second-order valence-corrected chi connectivity index (χ2v) is 6.29. The molecule has 25 heavy (non-hydrogen) atoms. The highest BCUT2D eigenvalue weighted by Crippen LogP contribution is 2.22. The van der Waals surface area contributed by atoms with Crippen molar-refractivity contribution in [2.45, 2.75) is 31.7 Å². The van der Waals surface area contributed by atoms with Gasteiger partial charge in [-0.3, -0.25) is 4.79 Å². The molecule has 1 aromatic carbocycles. The Morgan fingerprint density at radius 2 is 2.12 bits per heavy atom. The van der Waals surface area contributed by atoms with Crippen molar-refractivity contribution in [1.82, 2.24) is 10.3 Å². The van der Waals surface area contributed by atoms with Gasteiger partial charge in [-0.05, 0) is 49.1 Å². The van der Waals surface area contributed by atoms with E-state index in [2.05, 4.69) is 21.3 Å². The summed E-state index contributed by atoms with van der Waals surface area (Å²) < 4.78 is 0. The number of nitriles is 1. The number of amides is 1. The van der Waals surface area contributed by atoms with E-state index >= 15 is 0 Å². The molecule has 1 fully saturated rings. The van der Waals surface area contributed by atoms with Crippen molar-refractivity contribution in [3.8, 4) is 6.07 Å². The molecule has 0 bridgehead atoms. The number of pyridine rings is 1. The van der Waals surface area contributed by atoms with Crippen molar-refractivity contribution in [2.75, 3.05) is 18.0 Å². The van der Waals surface area contributed by atoms with Gasteiger partial charge < -0.3 is 10.2 Å². The van der Waals surface area contributed by atoms with Crippen molar-refractivity contribution in [2.24, 2.45) is 0 Å². The summed E-state index contributed by atoms with van der Waals surface area (Å²) in [7, 11) is 0. The number of nitrogens with zero attached hydrogens (tertiary/aromatic N) is 3. The van der Waals surface area contributed by atoms with Crippen LogP contribution in [0, 0.1) is 11.3 Å². The maximum absolute atomic E-state index is 12.1. The zero-order chi connectivity index (χ0) is 17.5. The smallest absolute Gasteiger partial charge is 0.220 e. The fraction of sp³-hybridized carbons (Fsp3) is 0.350. The third-order valence-electron chi connectivity index (χ3n) is 4.58. The van der Waals surface area contributed by atoms with Crippen LogP contribution in [-0.4, -0.2) is 30.0 Å². The Morgan fingerprint density at radius 3 is 2.84 bits per heavy atom. The topological polar surface area (TPSA) is 69.0 Å². The van der Waals surface area contributed by atoms with Crippen LogP contribution in [0.3, 0.4) is 0 Å². The van der Waals surface area contributed by atoms with Gasteiger partial charge in [0.05, 0.1) is 11.6 Å². The molecule has 1 atom stereocenters. The summed E-state index contributed by atoms with van der Waals surface area (Å²) >= 11 is 0. The molecule has 1 aromatic heterocycles. The molecule has 5 heteroatoms. The van der Waals surface area contributed by atoms with Crippen LogP contribution in [0.15, 0.2) is 48.7 Å². The summed E-state index contributed by atoms with van der Waals surface area (Å²) in [6.07, 6.45) is 5.16. The molecule has 1 saturated heterocycles. The van der Waals surface area contributed by atoms with Gasteiger partial charge in [0.1, 0.15) is 5.82 Å². The molecule has 1 aliphatic rings. The minimum atomic E-state index is 0.0669. The number of aromatic nitrogens is 1. The van der Waals surface area contributed by atoms with E-state index in [1.165, 1.54) is 0 Å². The number of hydrogen-bond acceptors (Lipinski definition) is 4. The Bertz CT molecular complexity index is 737. The Balaban J connectivity index is 1.46. The highest BCUT2D eigenvalue weighted by Gasteiger charge is 2.25. The number of rotatable bonds is 6. The van der Waals surface area contributed by atoms with Gasteiger partial charge in [0.25, 0.3) is 0 Å². The maximum Gasteiger partial charge on any atom is 0.220 e. The van der Waals surface area contributed by atoms with Crippen LogP contribution in [0.4, 0.5) is 5.82 Å². The lowest BCUT2D eigenvalue weighted by atomic mass is 10.1. The Labute approximate surface area is 148 Å². The molecule has 0 spiro atoms.